The van der Waals surface area contributed by atoms with Gasteiger partial charge in [0.1, 0.15) is 6.04 Å². The van der Waals surface area contributed by atoms with Gasteiger partial charge in [0.15, 0.2) is 0 Å². The van der Waals surface area contributed by atoms with E-state index < -0.39 is 16.1 Å². The standard InChI is InChI=1S/C16H23N3O4S/c1-12(16(21)18-10-8-13(9-11-18)15(17)20)19(24(2,22)23)14-6-4-3-5-7-14/h3-7,12-13H,8-11H2,1-2H3,(H2,17,20). The van der Waals surface area contributed by atoms with E-state index in [1.54, 1.807) is 42.2 Å². The summed E-state index contributed by atoms with van der Waals surface area (Å²) < 4.78 is 25.5. The van der Waals surface area contributed by atoms with Gasteiger partial charge in [-0.05, 0) is 31.9 Å². The molecule has 2 amide bonds. The molecule has 1 aliphatic rings. The number of nitrogens with zero attached hydrogens (tertiary/aromatic N) is 2. The number of hydrogen-bond donors (Lipinski definition) is 1. The lowest BCUT2D eigenvalue weighted by Crippen LogP contribution is -2.52. The minimum atomic E-state index is -3.61. The summed E-state index contributed by atoms with van der Waals surface area (Å²) in [6.07, 6.45) is 2.11. The maximum Gasteiger partial charge on any atom is 0.246 e. The van der Waals surface area contributed by atoms with Gasteiger partial charge in [-0.25, -0.2) is 8.42 Å². The number of amides is 2. The minimum Gasteiger partial charge on any atom is -0.369 e. The Bertz CT molecular complexity index is 697. The van der Waals surface area contributed by atoms with Gasteiger partial charge < -0.3 is 10.6 Å². The van der Waals surface area contributed by atoms with Gasteiger partial charge in [-0.3, -0.25) is 13.9 Å². The Morgan fingerprint density at radius 1 is 1.21 bits per heavy atom. The number of likely N-dealkylation sites (tertiary alicyclic amines) is 1. The van der Waals surface area contributed by atoms with E-state index in [1.165, 1.54) is 0 Å². The van der Waals surface area contributed by atoms with E-state index in [0.29, 0.717) is 31.6 Å². The molecular weight excluding hydrogens is 330 g/mol. The van der Waals surface area contributed by atoms with Crippen molar-refractivity contribution in [1.29, 1.82) is 0 Å². The van der Waals surface area contributed by atoms with Gasteiger partial charge in [-0.1, -0.05) is 18.2 Å². The van der Waals surface area contributed by atoms with Crippen molar-refractivity contribution in [3.63, 3.8) is 0 Å². The van der Waals surface area contributed by atoms with Crippen molar-refractivity contribution >= 4 is 27.5 Å². The number of para-hydroxylation sites is 1. The van der Waals surface area contributed by atoms with Crippen molar-refractivity contribution in [3.05, 3.63) is 30.3 Å². The molecular formula is C16H23N3O4S. The third kappa shape index (κ3) is 4.05. The lowest BCUT2D eigenvalue weighted by Gasteiger charge is -2.36. The van der Waals surface area contributed by atoms with Crippen molar-refractivity contribution in [2.45, 2.75) is 25.8 Å². The number of nitrogens with two attached hydrogens (primary N) is 1. The molecule has 0 spiro atoms. The molecule has 0 radical (unpaired) electrons. The van der Waals surface area contributed by atoms with E-state index in [4.69, 9.17) is 5.73 Å². The van der Waals surface area contributed by atoms with Crippen LogP contribution in [-0.2, 0) is 19.6 Å². The van der Waals surface area contributed by atoms with E-state index in [2.05, 4.69) is 0 Å². The van der Waals surface area contributed by atoms with Gasteiger partial charge in [0, 0.05) is 19.0 Å². The Labute approximate surface area is 142 Å². The second-order valence-corrected chi connectivity index (χ2v) is 7.93. The number of rotatable bonds is 5. The zero-order valence-corrected chi connectivity index (χ0v) is 14.7. The average Bonchev–Trinajstić information content (AvgIpc) is 2.54. The van der Waals surface area contributed by atoms with Crippen LogP contribution in [0.15, 0.2) is 30.3 Å². The van der Waals surface area contributed by atoms with Crippen molar-refractivity contribution in [2.24, 2.45) is 11.7 Å². The predicted molar refractivity (Wildman–Crippen MR) is 91.7 cm³/mol. The maximum atomic E-state index is 12.7. The Morgan fingerprint density at radius 3 is 2.21 bits per heavy atom. The summed E-state index contributed by atoms with van der Waals surface area (Å²) in [5.74, 6) is -0.839. The molecule has 2 N–H and O–H groups in total. The molecule has 7 nitrogen and oxygen atoms in total. The molecule has 132 valence electrons. The summed E-state index contributed by atoms with van der Waals surface area (Å²) in [5, 5.41) is 0. The van der Waals surface area contributed by atoms with E-state index in [1.807, 2.05) is 0 Å². The van der Waals surface area contributed by atoms with Crippen molar-refractivity contribution in [2.75, 3.05) is 23.7 Å². The first-order valence-corrected chi connectivity index (χ1v) is 9.69. The molecule has 0 saturated carbocycles. The molecule has 1 saturated heterocycles. The van der Waals surface area contributed by atoms with Gasteiger partial charge in [-0.15, -0.1) is 0 Å². The Hall–Kier alpha value is -2.09. The fourth-order valence-electron chi connectivity index (χ4n) is 3.03. The quantitative estimate of drug-likeness (QED) is 0.836. The second kappa shape index (κ2) is 7.21. The summed E-state index contributed by atoms with van der Waals surface area (Å²) in [7, 11) is -3.61. The van der Waals surface area contributed by atoms with Gasteiger partial charge >= 0.3 is 0 Å². The summed E-state index contributed by atoms with van der Waals surface area (Å²) >= 11 is 0. The zero-order chi connectivity index (χ0) is 17.9. The highest BCUT2D eigenvalue weighted by Gasteiger charge is 2.34. The topological polar surface area (TPSA) is 101 Å². The summed E-state index contributed by atoms with van der Waals surface area (Å²) in [6, 6.07) is 7.69. The molecule has 1 atom stereocenters. The highest BCUT2D eigenvalue weighted by molar-refractivity contribution is 7.92. The number of carbonyl (C=O) groups excluding carboxylic acids is 2. The van der Waals surface area contributed by atoms with Gasteiger partial charge in [0.2, 0.25) is 21.8 Å². The number of benzene rings is 1. The molecule has 8 heteroatoms. The summed E-state index contributed by atoms with van der Waals surface area (Å²) in [6.45, 7) is 2.39. The van der Waals surface area contributed by atoms with Gasteiger partial charge in [0.25, 0.3) is 0 Å². The van der Waals surface area contributed by atoms with Crippen LogP contribution >= 0.6 is 0 Å². The van der Waals surface area contributed by atoms with Crippen LogP contribution in [0.2, 0.25) is 0 Å². The van der Waals surface area contributed by atoms with E-state index >= 15 is 0 Å². The highest BCUT2D eigenvalue weighted by Crippen LogP contribution is 2.23. The number of anilines is 1. The molecule has 1 fully saturated rings. The molecule has 1 heterocycles. The van der Waals surface area contributed by atoms with Crippen LogP contribution in [0.1, 0.15) is 19.8 Å². The first-order valence-electron chi connectivity index (χ1n) is 7.84. The molecule has 0 aromatic heterocycles. The monoisotopic (exact) mass is 353 g/mol. The van der Waals surface area contributed by atoms with E-state index in [-0.39, 0.29) is 17.7 Å². The first kappa shape index (κ1) is 18.3. The Balaban J connectivity index is 2.17. The fourth-order valence-corrected chi connectivity index (χ4v) is 4.20. The molecule has 0 bridgehead atoms. The van der Waals surface area contributed by atoms with Crippen LogP contribution in [0.25, 0.3) is 0 Å². The van der Waals surface area contributed by atoms with Crippen LogP contribution in [0.3, 0.4) is 0 Å². The molecule has 24 heavy (non-hydrogen) atoms. The Morgan fingerprint density at radius 2 is 1.75 bits per heavy atom. The lowest BCUT2D eigenvalue weighted by atomic mass is 9.96. The van der Waals surface area contributed by atoms with Crippen LogP contribution in [0.4, 0.5) is 5.69 Å². The maximum absolute atomic E-state index is 12.7. The smallest absolute Gasteiger partial charge is 0.246 e. The molecule has 0 aliphatic carbocycles. The molecule has 1 aromatic carbocycles. The summed E-state index contributed by atoms with van der Waals surface area (Å²) in [5.41, 5.74) is 5.75. The average molecular weight is 353 g/mol. The van der Waals surface area contributed by atoms with Crippen LogP contribution < -0.4 is 10.0 Å². The largest absolute Gasteiger partial charge is 0.369 e. The Kier molecular flexibility index (Phi) is 5.48. The third-order valence-corrected chi connectivity index (χ3v) is 5.53. The van der Waals surface area contributed by atoms with Crippen LogP contribution in [0.5, 0.6) is 0 Å². The number of hydrogen-bond acceptors (Lipinski definition) is 4. The molecule has 2 rings (SSSR count). The molecule has 1 aromatic rings. The van der Waals surface area contributed by atoms with Crippen LogP contribution in [0, 0.1) is 5.92 Å². The lowest BCUT2D eigenvalue weighted by molar-refractivity contribution is -0.135. The molecule has 1 aliphatic heterocycles. The number of piperidine rings is 1. The third-order valence-electron chi connectivity index (χ3n) is 4.29. The van der Waals surface area contributed by atoms with E-state index in [0.717, 1.165) is 10.6 Å². The van der Waals surface area contributed by atoms with Gasteiger partial charge in [0.05, 0.1) is 11.9 Å². The zero-order valence-electron chi connectivity index (χ0n) is 13.9. The van der Waals surface area contributed by atoms with Crippen molar-refractivity contribution in [1.82, 2.24) is 4.90 Å². The SMILES string of the molecule is CC(C(=O)N1CCC(C(N)=O)CC1)N(c1ccccc1)S(C)(=O)=O. The van der Waals surface area contributed by atoms with Crippen molar-refractivity contribution in [3.8, 4) is 0 Å². The second-order valence-electron chi connectivity index (χ2n) is 6.07. The van der Waals surface area contributed by atoms with Crippen LogP contribution in [-0.4, -0.2) is 50.5 Å². The number of sulfonamides is 1. The van der Waals surface area contributed by atoms with E-state index in [9.17, 15) is 18.0 Å². The summed E-state index contributed by atoms with van der Waals surface area (Å²) in [4.78, 5) is 25.6. The molecule has 1 unspecified atom stereocenters. The van der Waals surface area contributed by atoms with Crippen molar-refractivity contribution < 1.29 is 18.0 Å². The highest BCUT2D eigenvalue weighted by atomic mass is 32.2. The van der Waals surface area contributed by atoms with Gasteiger partial charge in [-0.2, -0.15) is 0 Å². The fraction of sp³-hybridized carbons (Fsp3) is 0.500. The predicted octanol–water partition coefficient (Wildman–Crippen LogP) is 0.565. The number of carbonyl (C=O) groups is 2. The first-order chi connectivity index (χ1) is 11.2. The normalized spacial score (nSPS) is 17.3. The number of primary amides is 1. The minimum absolute atomic E-state index is 0.218.